The number of nitrogens with two attached hydrogens (primary N) is 1. The first kappa shape index (κ1) is 13.5. The summed E-state index contributed by atoms with van der Waals surface area (Å²) in [5.74, 6) is 1.59. The Labute approximate surface area is 121 Å². The van der Waals surface area contributed by atoms with Gasteiger partial charge in [-0.2, -0.15) is 0 Å². The molecule has 3 N–H and O–H groups in total. The van der Waals surface area contributed by atoms with Crippen LogP contribution in [0.4, 0.5) is 0 Å². The van der Waals surface area contributed by atoms with Crippen molar-refractivity contribution in [3.63, 3.8) is 0 Å². The van der Waals surface area contributed by atoms with Gasteiger partial charge in [0.15, 0.2) is 0 Å². The summed E-state index contributed by atoms with van der Waals surface area (Å²) in [4.78, 5) is 0. The largest absolute Gasteiger partial charge is 0.489 e. The molecule has 0 aromatic heterocycles. The van der Waals surface area contributed by atoms with Crippen LogP contribution in [-0.2, 0) is 0 Å². The van der Waals surface area contributed by atoms with Crippen LogP contribution in [0, 0.1) is 22.2 Å². The number of hydrogen-bond acceptors (Lipinski definition) is 2. The summed E-state index contributed by atoms with van der Waals surface area (Å²) in [6.07, 6.45) is 3.90. The summed E-state index contributed by atoms with van der Waals surface area (Å²) < 4.78 is 6.32. The Kier molecular flexibility index (Phi) is 2.86. The Morgan fingerprint density at radius 3 is 2.55 bits per heavy atom. The SMILES string of the molecule is CC1(C)C2CCC1(C)C(Oc1ccccc1C(=N)N)C2. The average Bonchev–Trinajstić information content (AvgIpc) is 2.72. The van der Waals surface area contributed by atoms with Crippen LogP contribution < -0.4 is 10.5 Å². The maximum absolute atomic E-state index is 7.68. The van der Waals surface area contributed by atoms with Crippen LogP contribution in [0.25, 0.3) is 0 Å². The molecule has 3 heteroatoms. The number of fused-ring (bicyclic) bond motifs is 2. The minimum atomic E-state index is 0.0770. The Bertz CT molecular complexity index is 552. The van der Waals surface area contributed by atoms with Crippen LogP contribution in [0.15, 0.2) is 24.3 Å². The highest BCUT2D eigenvalue weighted by Gasteiger charge is 2.62. The van der Waals surface area contributed by atoms with E-state index in [0.717, 1.165) is 18.1 Å². The molecule has 1 aromatic carbocycles. The molecule has 0 radical (unpaired) electrons. The zero-order valence-corrected chi connectivity index (χ0v) is 12.6. The second-order valence-corrected chi connectivity index (χ2v) is 7.13. The molecule has 0 saturated heterocycles. The number of para-hydroxylation sites is 1. The first-order chi connectivity index (χ1) is 9.36. The van der Waals surface area contributed by atoms with E-state index in [1.54, 1.807) is 0 Å². The predicted octanol–water partition coefficient (Wildman–Crippen LogP) is 3.56. The molecule has 0 aliphatic heterocycles. The third-order valence-corrected chi connectivity index (χ3v) is 6.16. The summed E-state index contributed by atoms with van der Waals surface area (Å²) in [5, 5.41) is 7.68. The Hall–Kier alpha value is -1.51. The topological polar surface area (TPSA) is 59.1 Å². The van der Waals surface area contributed by atoms with Gasteiger partial charge in [0.05, 0.1) is 5.56 Å². The summed E-state index contributed by atoms with van der Waals surface area (Å²) in [6.45, 7) is 7.12. The van der Waals surface area contributed by atoms with Gasteiger partial charge in [-0.3, -0.25) is 5.41 Å². The van der Waals surface area contributed by atoms with Gasteiger partial charge in [0, 0.05) is 5.41 Å². The van der Waals surface area contributed by atoms with E-state index in [-0.39, 0.29) is 17.4 Å². The predicted molar refractivity (Wildman–Crippen MR) is 81.1 cm³/mol. The summed E-state index contributed by atoms with van der Waals surface area (Å²) in [7, 11) is 0. The van der Waals surface area contributed by atoms with E-state index in [0.29, 0.717) is 11.0 Å². The molecule has 2 aliphatic carbocycles. The van der Waals surface area contributed by atoms with Gasteiger partial charge in [0.2, 0.25) is 0 Å². The molecule has 20 heavy (non-hydrogen) atoms. The molecule has 2 fully saturated rings. The zero-order valence-electron chi connectivity index (χ0n) is 12.6. The van der Waals surface area contributed by atoms with E-state index < -0.39 is 0 Å². The fourth-order valence-electron chi connectivity index (χ4n) is 4.25. The van der Waals surface area contributed by atoms with Crippen LogP contribution in [0.2, 0.25) is 0 Å². The van der Waals surface area contributed by atoms with Crippen LogP contribution in [0.5, 0.6) is 5.75 Å². The number of benzene rings is 1. The lowest BCUT2D eigenvalue weighted by Crippen LogP contribution is -2.39. The number of nitrogen functional groups attached to an aromatic ring is 1. The fourth-order valence-corrected chi connectivity index (χ4v) is 4.25. The molecule has 1 aromatic rings. The third kappa shape index (κ3) is 1.68. The molecule has 3 unspecified atom stereocenters. The van der Waals surface area contributed by atoms with Gasteiger partial charge in [0.1, 0.15) is 17.7 Å². The molecule has 0 spiro atoms. The van der Waals surface area contributed by atoms with Crippen molar-refractivity contribution in [1.82, 2.24) is 0 Å². The van der Waals surface area contributed by atoms with E-state index >= 15 is 0 Å². The number of nitrogens with one attached hydrogen (secondary N) is 1. The maximum Gasteiger partial charge on any atom is 0.130 e. The normalized spacial score (nSPS) is 34.1. The van der Waals surface area contributed by atoms with Crippen LogP contribution in [0.3, 0.4) is 0 Å². The number of ether oxygens (including phenoxy) is 1. The van der Waals surface area contributed by atoms with Gasteiger partial charge in [-0.25, -0.2) is 0 Å². The smallest absolute Gasteiger partial charge is 0.130 e. The van der Waals surface area contributed by atoms with Crippen molar-refractivity contribution in [3.05, 3.63) is 29.8 Å². The third-order valence-electron chi connectivity index (χ3n) is 6.16. The second kappa shape index (κ2) is 4.24. The minimum Gasteiger partial charge on any atom is -0.489 e. The lowest BCUT2D eigenvalue weighted by atomic mass is 9.70. The molecule has 108 valence electrons. The van der Waals surface area contributed by atoms with E-state index in [9.17, 15) is 0 Å². The van der Waals surface area contributed by atoms with Crippen LogP contribution in [0.1, 0.15) is 45.6 Å². The minimum absolute atomic E-state index is 0.0770. The van der Waals surface area contributed by atoms with Crippen molar-refractivity contribution in [2.45, 2.75) is 46.1 Å². The molecule has 3 nitrogen and oxygen atoms in total. The molecular weight excluding hydrogens is 248 g/mol. The quantitative estimate of drug-likeness (QED) is 0.653. The molecular formula is C17H24N2O. The standard InChI is InChI=1S/C17H24N2O/c1-16(2)11-8-9-17(16,3)14(10-11)20-13-7-5-4-6-12(13)15(18)19/h4-7,11,14H,8-10H2,1-3H3,(H3,18,19). The highest BCUT2D eigenvalue weighted by Crippen LogP contribution is 2.66. The number of rotatable bonds is 3. The fraction of sp³-hybridized carbons (Fsp3) is 0.588. The van der Waals surface area contributed by atoms with E-state index in [1.807, 2.05) is 24.3 Å². The number of amidine groups is 1. The van der Waals surface area contributed by atoms with Gasteiger partial charge in [0.25, 0.3) is 0 Å². The molecule has 2 bridgehead atoms. The highest BCUT2D eigenvalue weighted by atomic mass is 16.5. The number of hydrogen-bond donors (Lipinski definition) is 2. The van der Waals surface area contributed by atoms with Gasteiger partial charge >= 0.3 is 0 Å². The second-order valence-electron chi connectivity index (χ2n) is 7.13. The molecule has 2 saturated carbocycles. The van der Waals surface area contributed by atoms with E-state index in [4.69, 9.17) is 15.9 Å². The molecule has 0 amide bonds. The van der Waals surface area contributed by atoms with Gasteiger partial charge in [-0.05, 0) is 42.7 Å². The molecule has 3 rings (SSSR count). The van der Waals surface area contributed by atoms with Crippen molar-refractivity contribution in [2.75, 3.05) is 0 Å². The first-order valence-electron chi connectivity index (χ1n) is 7.46. The Morgan fingerprint density at radius 1 is 1.30 bits per heavy atom. The summed E-state index contributed by atoms with van der Waals surface area (Å²) in [5.41, 5.74) is 6.92. The lowest BCUT2D eigenvalue weighted by molar-refractivity contribution is 0.0300. The highest BCUT2D eigenvalue weighted by molar-refractivity contribution is 5.97. The van der Waals surface area contributed by atoms with Gasteiger partial charge in [-0.1, -0.05) is 32.9 Å². The van der Waals surface area contributed by atoms with Crippen molar-refractivity contribution in [3.8, 4) is 5.75 Å². The first-order valence-corrected chi connectivity index (χ1v) is 7.46. The monoisotopic (exact) mass is 272 g/mol. The summed E-state index contributed by atoms with van der Waals surface area (Å²) in [6, 6.07) is 7.63. The zero-order chi connectivity index (χ0) is 14.5. The van der Waals surface area contributed by atoms with Gasteiger partial charge in [-0.15, -0.1) is 0 Å². The van der Waals surface area contributed by atoms with Crippen LogP contribution >= 0.6 is 0 Å². The maximum atomic E-state index is 7.68. The van der Waals surface area contributed by atoms with E-state index in [2.05, 4.69) is 20.8 Å². The molecule has 0 heterocycles. The summed E-state index contributed by atoms with van der Waals surface area (Å²) >= 11 is 0. The van der Waals surface area contributed by atoms with Crippen molar-refractivity contribution in [2.24, 2.45) is 22.5 Å². The van der Waals surface area contributed by atoms with Crippen LogP contribution in [-0.4, -0.2) is 11.9 Å². The Morgan fingerprint density at radius 2 is 2.00 bits per heavy atom. The van der Waals surface area contributed by atoms with Crippen molar-refractivity contribution < 1.29 is 4.74 Å². The van der Waals surface area contributed by atoms with E-state index in [1.165, 1.54) is 12.8 Å². The van der Waals surface area contributed by atoms with Gasteiger partial charge < -0.3 is 10.5 Å². The lowest BCUT2D eigenvalue weighted by Gasteiger charge is -2.39. The molecule has 2 aliphatic rings. The van der Waals surface area contributed by atoms with Crippen molar-refractivity contribution >= 4 is 5.84 Å². The average molecular weight is 272 g/mol. The molecule has 3 atom stereocenters. The van der Waals surface area contributed by atoms with Crippen molar-refractivity contribution in [1.29, 1.82) is 5.41 Å². The Balaban J connectivity index is 1.89.